The third-order valence-corrected chi connectivity index (χ3v) is 2.58. The lowest BCUT2D eigenvalue weighted by Crippen LogP contribution is -2.41. The molecule has 0 aliphatic rings. The molecule has 2 amide bonds. The van der Waals surface area contributed by atoms with E-state index in [-0.39, 0.29) is 31.1 Å². The van der Waals surface area contributed by atoms with Gasteiger partial charge in [0.25, 0.3) is 5.69 Å². The summed E-state index contributed by atoms with van der Waals surface area (Å²) in [6, 6.07) is 5.54. The number of hydrogen-bond acceptors (Lipinski definition) is 5. The standard InChI is InChI=1S/C12H15N3O5/c1-2-14(7-8-16)12(18)11(17)13-9-5-3-4-6-10(9)15(19)20/h3-6,16H,2,7-8H2,1H3,(H,13,17). The maximum Gasteiger partial charge on any atom is 0.314 e. The molecular formula is C12H15N3O5. The summed E-state index contributed by atoms with van der Waals surface area (Å²) in [6.45, 7) is 1.67. The molecule has 8 nitrogen and oxygen atoms in total. The van der Waals surface area contributed by atoms with Gasteiger partial charge in [0.15, 0.2) is 0 Å². The molecule has 0 bridgehead atoms. The van der Waals surface area contributed by atoms with Gasteiger partial charge in [0.05, 0.1) is 11.5 Å². The number of aliphatic hydroxyl groups excluding tert-OH is 1. The maximum atomic E-state index is 11.8. The van der Waals surface area contributed by atoms with Crippen molar-refractivity contribution < 1.29 is 19.6 Å². The van der Waals surface area contributed by atoms with E-state index in [9.17, 15) is 19.7 Å². The third-order valence-electron chi connectivity index (χ3n) is 2.58. The number of aliphatic hydroxyl groups is 1. The lowest BCUT2D eigenvalue weighted by atomic mass is 10.2. The van der Waals surface area contributed by atoms with Crippen LogP contribution in [0.5, 0.6) is 0 Å². The molecule has 0 heterocycles. The third kappa shape index (κ3) is 3.75. The van der Waals surface area contributed by atoms with Crippen molar-refractivity contribution in [3.05, 3.63) is 34.4 Å². The molecule has 0 aliphatic heterocycles. The number of anilines is 1. The van der Waals surface area contributed by atoms with Gasteiger partial charge in [-0.3, -0.25) is 19.7 Å². The SMILES string of the molecule is CCN(CCO)C(=O)C(=O)Nc1ccccc1[N+](=O)[O-]. The minimum Gasteiger partial charge on any atom is -0.395 e. The van der Waals surface area contributed by atoms with E-state index < -0.39 is 16.7 Å². The first kappa shape index (κ1) is 15.6. The highest BCUT2D eigenvalue weighted by Crippen LogP contribution is 2.23. The second kappa shape index (κ2) is 7.19. The van der Waals surface area contributed by atoms with Crippen LogP contribution in [0.4, 0.5) is 11.4 Å². The lowest BCUT2D eigenvalue weighted by molar-refractivity contribution is -0.383. The van der Waals surface area contributed by atoms with E-state index in [1.807, 2.05) is 0 Å². The first-order valence-electron chi connectivity index (χ1n) is 5.95. The average Bonchev–Trinajstić information content (AvgIpc) is 2.44. The summed E-state index contributed by atoms with van der Waals surface area (Å²) in [5.74, 6) is -1.82. The molecule has 0 saturated heterocycles. The number of amides is 2. The molecule has 0 radical (unpaired) electrons. The second-order valence-electron chi connectivity index (χ2n) is 3.84. The van der Waals surface area contributed by atoms with E-state index in [2.05, 4.69) is 5.32 Å². The molecule has 1 aromatic carbocycles. The highest BCUT2D eigenvalue weighted by molar-refractivity contribution is 6.39. The van der Waals surface area contributed by atoms with E-state index >= 15 is 0 Å². The van der Waals surface area contributed by atoms with E-state index in [4.69, 9.17) is 5.11 Å². The Hall–Kier alpha value is -2.48. The molecular weight excluding hydrogens is 266 g/mol. The van der Waals surface area contributed by atoms with Gasteiger partial charge >= 0.3 is 11.8 Å². The van der Waals surface area contributed by atoms with Crippen LogP contribution >= 0.6 is 0 Å². The van der Waals surface area contributed by atoms with Gasteiger partial charge in [-0.25, -0.2) is 0 Å². The molecule has 0 unspecified atom stereocenters. The average molecular weight is 281 g/mol. The zero-order chi connectivity index (χ0) is 15.1. The molecule has 8 heteroatoms. The summed E-state index contributed by atoms with van der Waals surface area (Å²) < 4.78 is 0. The van der Waals surface area contributed by atoms with Crippen molar-refractivity contribution in [2.75, 3.05) is 25.0 Å². The molecule has 2 N–H and O–H groups in total. The second-order valence-corrected chi connectivity index (χ2v) is 3.84. The smallest absolute Gasteiger partial charge is 0.314 e. The molecule has 0 aromatic heterocycles. The van der Waals surface area contributed by atoms with Crippen LogP contribution in [0, 0.1) is 10.1 Å². The van der Waals surface area contributed by atoms with Crippen LogP contribution in [0.3, 0.4) is 0 Å². The number of carbonyl (C=O) groups is 2. The fourth-order valence-electron chi connectivity index (χ4n) is 1.58. The van der Waals surface area contributed by atoms with Crippen molar-refractivity contribution in [2.45, 2.75) is 6.92 Å². The number of carbonyl (C=O) groups excluding carboxylic acids is 2. The fourth-order valence-corrected chi connectivity index (χ4v) is 1.58. The van der Waals surface area contributed by atoms with Crippen molar-refractivity contribution >= 4 is 23.2 Å². The molecule has 0 saturated carbocycles. The molecule has 1 rings (SSSR count). The number of nitrogens with one attached hydrogen (secondary N) is 1. The van der Waals surface area contributed by atoms with Gasteiger partial charge in [-0.05, 0) is 13.0 Å². The Morgan fingerprint density at radius 3 is 2.60 bits per heavy atom. The number of nitro benzene ring substituents is 1. The monoisotopic (exact) mass is 281 g/mol. The fraction of sp³-hybridized carbons (Fsp3) is 0.333. The summed E-state index contributed by atoms with van der Waals surface area (Å²) in [4.78, 5) is 34.8. The van der Waals surface area contributed by atoms with Crippen LogP contribution in [-0.2, 0) is 9.59 Å². The van der Waals surface area contributed by atoms with Gasteiger partial charge in [0.1, 0.15) is 5.69 Å². The Morgan fingerprint density at radius 2 is 2.05 bits per heavy atom. The summed E-state index contributed by atoms with van der Waals surface area (Å²) in [5.41, 5.74) is -0.338. The summed E-state index contributed by atoms with van der Waals surface area (Å²) in [6.07, 6.45) is 0. The Labute approximate surface area is 115 Å². The van der Waals surface area contributed by atoms with Gasteiger partial charge in [0, 0.05) is 19.2 Å². The molecule has 20 heavy (non-hydrogen) atoms. The number of rotatable bonds is 5. The summed E-state index contributed by atoms with van der Waals surface area (Å²) >= 11 is 0. The van der Waals surface area contributed by atoms with Crippen LogP contribution in [0.25, 0.3) is 0 Å². The van der Waals surface area contributed by atoms with Crippen molar-refractivity contribution in [2.24, 2.45) is 0 Å². The Morgan fingerprint density at radius 1 is 1.40 bits per heavy atom. The van der Waals surface area contributed by atoms with Crippen LogP contribution in [0.15, 0.2) is 24.3 Å². The number of nitrogens with zero attached hydrogens (tertiary/aromatic N) is 2. The highest BCUT2D eigenvalue weighted by atomic mass is 16.6. The van der Waals surface area contributed by atoms with Gasteiger partial charge in [0.2, 0.25) is 0 Å². The van der Waals surface area contributed by atoms with Crippen LogP contribution in [0.1, 0.15) is 6.92 Å². The Bertz CT molecular complexity index is 518. The predicted octanol–water partition coefficient (Wildman–Crippen LogP) is 0.374. The van der Waals surface area contributed by atoms with Gasteiger partial charge in [-0.15, -0.1) is 0 Å². The van der Waals surface area contributed by atoms with E-state index in [1.165, 1.54) is 24.3 Å². The minimum atomic E-state index is -0.977. The molecule has 0 spiro atoms. The topological polar surface area (TPSA) is 113 Å². The maximum absolute atomic E-state index is 11.8. The first-order valence-corrected chi connectivity index (χ1v) is 5.95. The Kier molecular flexibility index (Phi) is 5.60. The zero-order valence-corrected chi connectivity index (χ0v) is 10.9. The molecule has 0 fully saturated rings. The molecule has 108 valence electrons. The minimum absolute atomic E-state index is 0.0274. The number of likely N-dealkylation sites (N-methyl/N-ethyl adjacent to an activating group) is 1. The summed E-state index contributed by atoms with van der Waals surface area (Å²) in [7, 11) is 0. The zero-order valence-electron chi connectivity index (χ0n) is 10.9. The van der Waals surface area contributed by atoms with Crippen molar-refractivity contribution in [1.29, 1.82) is 0 Å². The van der Waals surface area contributed by atoms with Crippen LogP contribution in [0.2, 0.25) is 0 Å². The normalized spacial score (nSPS) is 9.90. The molecule has 0 aliphatic carbocycles. The summed E-state index contributed by atoms with van der Waals surface area (Å²) in [5, 5.41) is 21.8. The number of para-hydroxylation sites is 2. The number of nitro groups is 1. The number of benzene rings is 1. The van der Waals surface area contributed by atoms with E-state index in [1.54, 1.807) is 6.92 Å². The van der Waals surface area contributed by atoms with Crippen molar-refractivity contribution in [3.8, 4) is 0 Å². The predicted molar refractivity (Wildman–Crippen MR) is 71.1 cm³/mol. The Balaban J connectivity index is 2.85. The largest absolute Gasteiger partial charge is 0.395 e. The van der Waals surface area contributed by atoms with Gasteiger partial charge in [-0.2, -0.15) is 0 Å². The van der Waals surface area contributed by atoms with Gasteiger partial charge < -0.3 is 15.3 Å². The van der Waals surface area contributed by atoms with Crippen LogP contribution in [-0.4, -0.2) is 46.4 Å². The molecule has 1 aromatic rings. The van der Waals surface area contributed by atoms with E-state index in [0.29, 0.717) is 0 Å². The van der Waals surface area contributed by atoms with Gasteiger partial charge in [-0.1, -0.05) is 12.1 Å². The quantitative estimate of drug-likeness (QED) is 0.460. The van der Waals surface area contributed by atoms with E-state index in [0.717, 1.165) is 4.90 Å². The number of hydrogen-bond donors (Lipinski definition) is 2. The van der Waals surface area contributed by atoms with Crippen LogP contribution < -0.4 is 5.32 Å². The van der Waals surface area contributed by atoms with Crippen molar-refractivity contribution in [1.82, 2.24) is 4.90 Å². The lowest BCUT2D eigenvalue weighted by Gasteiger charge is -2.18. The molecule has 0 atom stereocenters. The first-order chi connectivity index (χ1) is 9.51. The van der Waals surface area contributed by atoms with Crippen molar-refractivity contribution in [3.63, 3.8) is 0 Å². The highest BCUT2D eigenvalue weighted by Gasteiger charge is 2.23.